The Morgan fingerprint density at radius 2 is 1.95 bits per heavy atom. The number of hydrogen-bond acceptors (Lipinski definition) is 4. The Balaban J connectivity index is 2.50. The minimum atomic E-state index is -0.832. The van der Waals surface area contributed by atoms with Crippen LogP contribution in [-0.2, 0) is 11.2 Å². The molecule has 2 rings (SSSR count). The average molecular weight is 306 g/mol. The molecule has 0 heterocycles. The van der Waals surface area contributed by atoms with Gasteiger partial charge in [-0.15, -0.1) is 0 Å². The van der Waals surface area contributed by atoms with Crippen molar-refractivity contribution in [3.63, 3.8) is 0 Å². The van der Waals surface area contributed by atoms with Crippen LogP contribution in [0, 0.1) is 5.92 Å². The summed E-state index contributed by atoms with van der Waals surface area (Å²) in [5, 5.41) is 11.1. The summed E-state index contributed by atoms with van der Waals surface area (Å²) in [4.78, 5) is 10.7. The molecule has 0 spiro atoms. The van der Waals surface area contributed by atoms with E-state index in [4.69, 9.17) is 9.47 Å². The van der Waals surface area contributed by atoms with Gasteiger partial charge < -0.3 is 19.4 Å². The van der Waals surface area contributed by atoms with Gasteiger partial charge in [-0.1, -0.05) is 13.8 Å². The first-order valence-corrected chi connectivity index (χ1v) is 7.87. The van der Waals surface area contributed by atoms with E-state index in [1.807, 2.05) is 12.1 Å². The van der Waals surface area contributed by atoms with Crippen molar-refractivity contribution in [1.29, 1.82) is 0 Å². The highest BCUT2D eigenvalue weighted by atomic mass is 16.5. The Morgan fingerprint density at radius 3 is 2.50 bits per heavy atom. The van der Waals surface area contributed by atoms with Gasteiger partial charge in [0.1, 0.15) is 6.29 Å². The van der Waals surface area contributed by atoms with E-state index in [-0.39, 0.29) is 11.8 Å². The van der Waals surface area contributed by atoms with Crippen LogP contribution in [0.5, 0.6) is 11.5 Å². The number of carbonyl (C=O) groups excluding carboxylic acids is 1. The maximum atomic E-state index is 11.1. The molecule has 0 saturated heterocycles. The van der Waals surface area contributed by atoms with E-state index in [1.165, 1.54) is 5.56 Å². The molecule has 4 heteroatoms. The second-order valence-corrected chi connectivity index (χ2v) is 6.44. The summed E-state index contributed by atoms with van der Waals surface area (Å²) in [5.74, 6) is 1.68. The molecule has 0 aliphatic heterocycles. The van der Waals surface area contributed by atoms with Crippen LogP contribution in [-0.4, -0.2) is 31.2 Å². The zero-order valence-corrected chi connectivity index (χ0v) is 13.9. The minimum Gasteiger partial charge on any atom is -0.493 e. The van der Waals surface area contributed by atoms with Gasteiger partial charge in [-0.2, -0.15) is 0 Å². The fraction of sp³-hybridized carbons (Fsp3) is 0.611. The smallest absolute Gasteiger partial charge is 0.161 e. The van der Waals surface area contributed by atoms with E-state index in [0.717, 1.165) is 24.0 Å². The summed E-state index contributed by atoms with van der Waals surface area (Å²) < 4.78 is 10.8. The van der Waals surface area contributed by atoms with Crippen molar-refractivity contribution in [3.05, 3.63) is 23.3 Å². The van der Waals surface area contributed by atoms with Crippen molar-refractivity contribution in [2.24, 2.45) is 5.92 Å². The predicted molar refractivity (Wildman–Crippen MR) is 85.7 cm³/mol. The number of methoxy groups -OCH3 is 2. The zero-order valence-electron chi connectivity index (χ0n) is 13.9. The van der Waals surface area contributed by atoms with Crippen LogP contribution in [0.1, 0.15) is 50.2 Å². The summed E-state index contributed by atoms with van der Waals surface area (Å²) in [7, 11) is 3.25. The number of aliphatic hydroxyl groups is 1. The molecule has 0 aromatic heterocycles. The lowest BCUT2D eigenvalue weighted by Gasteiger charge is -2.43. The van der Waals surface area contributed by atoms with Gasteiger partial charge in [0.2, 0.25) is 0 Å². The minimum absolute atomic E-state index is 0.00370. The van der Waals surface area contributed by atoms with Gasteiger partial charge in [0, 0.05) is 12.3 Å². The monoisotopic (exact) mass is 306 g/mol. The van der Waals surface area contributed by atoms with Gasteiger partial charge in [-0.05, 0) is 48.4 Å². The largest absolute Gasteiger partial charge is 0.493 e. The normalized spacial score (nSPS) is 24.0. The fourth-order valence-corrected chi connectivity index (χ4v) is 3.81. The number of ether oxygens (including phenoxy) is 2. The van der Waals surface area contributed by atoms with Crippen LogP contribution in [0.4, 0.5) is 0 Å². The van der Waals surface area contributed by atoms with Crippen LogP contribution in [0.25, 0.3) is 0 Å². The molecular formula is C18H26O4. The lowest BCUT2D eigenvalue weighted by atomic mass is 9.65. The molecule has 122 valence electrons. The highest BCUT2D eigenvalue weighted by Crippen LogP contribution is 2.48. The second-order valence-electron chi connectivity index (χ2n) is 6.44. The highest BCUT2D eigenvalue weighted by molar-refractivity contribution is 5.52. The molecule has 1 aromatic carbocycles. The summed E-state index contributed by atoms with van der Waals surface area (Å²) in [5.41, 5.74) is 1.49. The third-order valence-corrected chi connectivity index (χ3v) is 4.75. The zero-order chi connectivity index (χ0) is 16.3. The molecule has 2 atom stereocenters. The maximum Gasteiger partial charge on any atom is 0.161 e. The number of carbonyl (C=O) groups is 1. The molecule has 0 bridgehead atoms. The highest BCUT2D eigenvalue weighted by Gasteiger charge is 2.43. The van der Waals surface area contributed by atoms with Crippen LogP contribution in [0.15, 0.2) is 12.1 Å². The number of benzene rings is 1. The van der Waals surface area contributed by atoms with Crippen LogP contribution < -0.4 is 9.47 Å². The lowest BCUT2D eigenvalue weighted by molar-refractivity contribution is -0.109. The molecule has 0 radical (unpaired) electrons. The quantitative estimate of drug-likeness (QED) is 0.821. The Kier molecular flexibility index (Phi) is 5.12. The van der Waals surface area contributed by atoms with Crippen molar-refractivity contribution in [2.45, 2.75) is 51.0 Å². The molecular weight excluding hydrogens is 280 g/mol. The topological polar surface area (TPSA) is 55.8 Å². The number of fused-ring (bicyclic) bond motifs is 1. The van der Waals surface area contributed by atoms with Crippen molar-refractivity contribution in [2.75, 3.05) is 14.2 Å². The third-order valence-electron chi connectivity index (χ3n) is 4.75. The standard InChI is InChI=1S/C18H26O4/c1-12(2)17-14-11-16(22-4)15(21-3)10-13(14)6-8-18(17,20)7-5-9-19/h9-12,17,20H,5-8H2,1-4H3/t17-,18+/m0/s1. The van der Waals surface area contributed by atoms with E-state index in [0.29, 0.717) is 25.0 Å². The lowest BCUT2D eigenvalue weighted by Crippen LogP contribution is -2.43. The first-order chi connectivity index (χ1) is 10.5. The molecule has 0 unspecified atom stereocenters. The molecule has 4 nitrogen and oxygen atoms in total. The van der Waals surface area contributed by atoms with Crippen LogP contribution in [0.2, 0.25) is 0 Å². The number of aldehydes is 1. The van der Waals surface area contributed by atoms with E-state index < -0.39 is 5.60 Å². The summed E-state index contributed by atoms with van der Waals surface area (Å²) in [6.45, 7) is 4.23. The maximum absolute atomic E-state index is 11.1. The van der Waals surface area contributed by atoms with E-state index in [1.54, 1.807) is 14.2 Å². The fourth-order valence-electron chi connectivity index (χ4n) is 3.81. The average Bonchev–Trinajstić information content (AvgIpc) is 2.51. The van der Waals surface area contributed by atoms with E-state index >= 15 is 0 Å². The van der Waals surface area contributed by atoms with Gasteiger partial charge in [0.15, 0.2) is 11.5 Å². The van der Waals surface area contributed by atoms with Crippen molar-refractivity contribution < 1.29 is 19.4 Å². The molecule has 1 aromatic rings. The third kappa shape index (κ3) is 2.98. The van der Waals surface area contributed by atoms with Gasteiger partial charge in [0.25, 0.3) is 0 Å². The molecule has 22 heavy (non-hydrogen) atoms. The molecule has 1 aliphatic carbocycles. The second kappa shape index (κ2) is 6.69. The van der Waals surface area contributed by atoms with Crippen molar-refractivity contribution >= 4 is 6.29 Å². The van der Waals surface area contributed by atoms with Crippen LogP contribution in [0.3, 0.4) is 0 Å². The van der Waals surface area contributed by atoms with Gasteiger partial charge in [-0.3, -0.25) is 0 Å². The molecule has 0 saturated carbocycles. The van der Waals surface area contributed by atoms with Gasteiger partial charge >= 0.3 is 0 Å². The SMILES string of the molecule is COc1cc2c(cc1OC)[C@H](C(C)C)[C@@](O)(CCC=O)CC2. The Bertz CT molecular complexity index is 538. The summed E-state index contributed by atoms with van der Waals surface area (Å²) in [6, 6.07) is 4.01. The summed E-state index contributed by atoms with van der Waals surface area (Å²) >= 11 is 0. The Hall–Kier alpha value is -1.55. The van der Waals surface area contributed by atoms with Gasteiger partial charge in [-0.25, -0.2) is 0 Å². The molecule has 1 aliphatic rings. The molecule has 1 N–H and O–H groups in total. The number of rotatable bonds is 6. The first kappa shape index (κ1) is 16.8. The first-order valence-electron chi connectivity index (χ1n) is 7.87. The Morgan fingerprint density at radius 1 is 1.32 bits per heavy atom. The number of hydrogen-bond donors (Lipinski definition) is 1. The molecule has 0 amide bonds. The van der Waals surface area contributed by atoms with E-state index in [9.17, 15) is 9.90 Å². The van der Waals surface area contributed by atoms with Crippen LogP contribution >= 0.6 is 0 Å². The molecule has 0 fully saturated rings. The van der Waals surface area contributed by atoms with Crippen molar-refractivity contribution in [1.82, 2.24) is 0 Å². The Labute approximate surface area is 132 Å². The summed E-state index contributed by atoms with van der Waals surface area (Å²) in [6.07, 6.45) is 3.25. The predicted octanol–water partition coefficient (Wildman–Crippen LogP) is 3.10. The van der Waals surface area contributed by atoms with E-state index in [2.05, 4.69) is 13.8 Å². The van der Waals surface area contributed by atoms with Crippen molar-refractivity contribution in [3.8, 4) is 11.5 Å². The number of aryl methyl sites for hydroxylation is 1. The van der Waals surface area contributed by atoms with Gasteiger partial charge in [0.05, 0.1) is 19.8 Å².